The van der Waals surface area contributed by atoms with Crippen LogP contribution in [0.3, 0.4) is 0 Å². The quantitative estimate of drug-likeness (QED) is 0.886. The molecular formula is C16H25NO2. The molecule has 1 aliphatic heterocycles. The first-order chi connectivity index (χ1) is 9.19. The molecule has 0 saturated carbocycles. The minimum absolute atomic E-state index is 0.347. The maximum Gasteiger partial charge on any atom is 0.0802 e. The van der Waals surface area contributed by atoms with Crippen molar-refractivity contribution in [2.45, 2.75) is 38.4 Å². The van der Waals surface area contributed by atoms with E-state index < -0.39 is 0 Å². The molecule has 3 heteroatoms. The minimum atomic E-state index is -0.347. The fraction of sp³-hybridized carbons (Fsp3) is 0.625. The first kappa shape index (κ1) is 14.5. The maximum absolute atomic E-state index is 10.2. The Balaban J connectivity index is 1.75. The molecular weight excluding hydrogens is 238 g/mol. The van der Waals surface area contributed by atoms with Gasteiger partial charge in [-0.05, 0) is 31.7 Å². The van der Waals surface area contributed by atoms with Crippen LogP contribution in [0.15, 0.2) is 24.3 Å². The van der Waals surface area contributed by atoms with E-state index >= 15 is 0 Å². The molecule has 1 fully saturated rings. The smallest absolute Gasteiger partial charge is 0.0802 e. The SMILES string of the molecule is COC1CCN(CCC(O)c2ccc(C)cc2)CC1. The molecule has 0 radical (unpaired) electrons. The van der Waals surface area contributed by atoms with Crippen LogP contribution in [-0.2, 0) is 4.74 Å². The number of hydrogen-bond acceptors (Lipinski definition) is 3. The molecule has 0 aliphatic carbocycles. The first-order valence-electron chi connectivity index (χ1n) is 7.19. The predicted molar refractivity (Wildman–Crippen MR) is 77.2 cm³/mol. The molecule has 1 unspecified atom stereocenters. The summed E-state index contributed by atoms with van der Waals surface area (Å²) >= 11 is 0. The monoisotopic (exact) mass is 263 g/mol. The average molecular weight is 263 g/mol. The van der Waals surface area contributed by atoms with Crippen molar-refractivity contribution in [3.63, 3.8) is 0 Å². The first-order valence-corrected chi connectivity index (χ1v) is 7.19. The number of aliphatic hydroxyl groups is 1. The van der Waals surface area contributed by atoms with Crippen LogP contribution in [0.2, 0.25) is 0 Å². The van der Waals surface area contributed by atoms with Crippen LogP contribution in [-0.4, -0.2) is 42.9 Å². The number of hydrogen-bond donors (Lipinski definition) is 1. The fourth-order valence-electron chi connectivity index (χ4n) is 2.63. The number of nitrogens with zero attached hydrogens (tertiary/aromatic N) is 1. The highest BCUT2D eigenvalue weighted by Crippen LogP contribution is 2.19. The molecule has 0 aromatic heterocycles. The summed E-state index contributed by atoms with van der Waals surface area (Å²) in [6, 6.07) is 8.17. The van der Waals surface area contributed by atoms with Gasteiger partial charge in [-0.1, -0.05) is 29.8 Å². The van der Waals surface area contributed by atoms with Gasteiger partial charge in [0, 0.05) is 26.7 Å². The molecule has 106 valence electrons. The molecule has 1 aromatic carbocycles. The van der Waals surface area contributed by atoms with E-state index in [9.17, 15) is 5.11 Å². The zero-order valence-corrected chi connectivity index (χ0v) is 12.0. The Morgan fingerprint density at radius 3 is 2.47 bits per heavy atom. The van der Waals surface area contributed by atoms with Gasteiger partial charge >= 0.3 is 0 Å². The molecule has 1 aromatic rings. The molecule has 19 heavy (non-hydrogen) atoms. The van der Waals surface area contributed by atoms with Gasteiger partial charge in [-0.2, -0.15) is 0 Å². The lowest BCUT2D eigenvalue weighted by Crippen LogP contribution is -2.37. The number of aliphatic hydroxyl groups excluding tert-OH is 1. The van der Waals surface area contributed by atoms with Gasteiger partial charge in [0.2, 0.25) is 0 Å². The van der Waals surface area contributed by atoms with Gasteiger partial charge in [0.25, 0.3) is 0 Å². The van der Waals surface area contributed by atoms with Crippen LogP contribution in [0, 0.1) is 6.92 Å². The number of piperidine rings is 1. The molecule has 1 N–H and O–H groups in total. The number of likely N-dealkylation sites (tertiary alicyclic amines) is 1. The molecule has 0 amide bonds. The van der Waals surface area contributed by atoms with E-state index in [0.717, 1.165) is 44.5 Å². The summed E-state index contributed by atoms with van der Waals surface area (Å²) in [6.07, 6.45) is 3.11. The van der Waals surface area contributed by atoms with Crippen molar-refractivity contribution in [1.82, 2.24) is 4.90 Å². The van der Waals surface area contributed by atoms with Gasteiger partial charge in [0.1, 0.15) is 0 Å². The van der Waals surface area contributed by atoms with Gasteiger partial charge in [0.15, 0.2) is 0 Å². The highest BCUT2D eigenvalue weighted by atomic mass is 16.5. The molecule has 1 atom stereocenters. The Morgan fingerprint density at radius 2 is 1.89 bits per heavy atom. The Hall–Kier alpha value is -0.900. The van der Waals surface area contributed by atoms with E-state index in [4.69, 9.17) is 4.74 Å². The highest BCUT2D eigenvalue weighted by Gasteiger charge is 2.19. The second-order valence-electron chi connectivity index (χ2n) is 5.49. The minimum Gasteiger partial charge on any atom is -0.388 e. The second kappa shape index (κ2) is 7.04. The van der Waals surface area contributed by atoms with E-state index in [1.54, 1.807) is 7.11 Å². The number of benzene rings is 1. The number of methoxy groups -OCH3 is 1. The third-order valence-corrected chi connectivity index (χ3v) is 4.05. The Kier molecular flexibility index (Phi) is 5.37. The largest absolute Gasteiger partial charge is 0.388 e. The van der Waals surface area contributed by atoms with E-state index in [-0.39, 0.29) is 6.10 Å². The van der Waals surface area contributed by atoms with E-state index in [1.807, 2.05) is 12.1 Å². The van der Waals surface area contributed by atoms with Gasteiger partial charge in [0.05, 0.1) is 12.2 Å². The van der Waals surface area contributed by atoms with E-state index in [1.165, 1.54) is 5.56 Å². The van der Waals surface area contributed by atoms with Crippen LogP contribution < -0.4 is 0 Å². The molecule has 1 heterocycles. The lowest BCUT2D eigenvalue weighted by Gasteiger charge is -2.31. The van der Waals surface area contributed by atoms with Crippen LogP contribution in [0.25, 0.3) is 0 Å². The Bertz CT molecular complexity index is 369. The summed E-state index contributed by atoms with van der Waals surface area (Å²) in [5.41, 5.74) is 2.26. The number of ether oxygens (including phenoxy) is 1. The van der Waals surface area contributed by atoms with E-state index in [0.29, 0.717) is 6.10 Å². The van der Waals surface area contributed by atoms with Crippen molar-refractivity contribution < 1.29 is 9.84 Å². The van der Waals surface area contributed by atoms with Gasteiger partial charge < -0.3 is 14.7 Å². The standard InChI is InChI=1S/C16H25NO2/c1-13-3-5-14(6-4-13)16(18)9-12-17-10-7-15(19-2)8-11-17/h3-6,15-16,18H,7-12H2,1-2H3. The molecule has 1 aliphatic rings. The van der Waals surface area contributed by atoms with Gasteiger partial charge in [-0.25, -0.2) is 0 Å². The number of rotatable bonds is 5. The summed E-state index contributed by atoms with van der Waals surface area (Å²) < 4.78 is 5.37. The summed E-state index contributed by atoms with van der Waals surface area (Å²) in [5.74, 6) is 0. The van der Waals surface area contributed by atoms with Gasteiger partial charge in [-0.3, -0.25) is 0 Å². The topological polar surface area (TPSA) is 32.7 Å². The van der Waals surface area contributed by atoms with Crippen molar-refractivity contribution in [2.75, 3.05) is 26.7 Å². The fourth-order valence-corrected chi connectivity index (χ4v) is 2.63. The summed E-state index contributed by atoms with van der Waals surface area (Å²) in [6.45, 7) is 5.19. The number of aryl methyl sites for hydroxylation is 1. The Morgan fingerprint density at radius 1 is 1.26 bits per heavy atom. The summed E-state index contributed by atoms with van der Waals surface area (Å²) in [7, 11) is 1.79. The van der Waals surface area contributed by atoms with Crippen molar-refractivity contribution in [3.05, 3.63) is 35.4 Å². The third-order valence-electron chi connectivity index (χ3n) is 4.05. The molecule has 2 rings (SSSR count). The predicted octanol–water partition coefficient (Wildman–Crippen LogP) is 2.53. The van der Waals surface area contributed by atoms with Crippen LogP contribution in [0.5, 0.6) is 0 Å². The maximum atomic E-state index is 10.2. The second-order valence-corrected chi connectivity index (χ2v) is 5.49. The normalized spacial score (nSPS) is 19.5. The van der Waals surface area contributed by atoms with Crippen molar-refractivity contribution in [3.8, 4) is 0 Å². The summed E-state index contributed by atoms with van der Waals surface area (Å²) in [5, 5.41) is 10.2. The molecule has 0 spiro atoms. The van der Waals surface area contributed by atoms with Gasteiger partial charge in [-0.15, -0.1) is 0 Å². The zero-order valence-electron chi connectivity index (χ0n) is 12.0. The van der Waals surface area contributed by atoms with Crippen molar-refractivity contribution >= 4 is 0 Å². The van der Waals surface area contributed by atoms with Crippen LogP contribution >= 0.6 is 0 Å². The third kappa shape index (κ3) is 4.30. The van der Waals surface area contributed by atoms with Crippen LogP contribution in [0.4, 0.5) is 0 Å². The molecule has 0 bridgehead atoms. The highest BCUT2D eigenvalue weighted by molar-refractivity contribution is 5.23. The van der Waals surface area contributed by atoms with Crippen LogP contribution in [0.1, 0.15) is 36.5 Å². The zero-order chi connectivity index (χ0) is 13.7. The Labute approximate surface area is 116 Å². The van der Waals surface area contributed by atoms with Crippen molar-refractivity contribution in [2.24, 2.45) is 0 Å². The lowest BCUT2D eigenvalue weighted by atomic mass is 10.0. The van der Waals surface area contributed by atoms with Crippen molar-refractivity contribution in [1.29, 1.82) is 0 Å². The van der Waals surface area contributed by atoms with E-state index in [2.05, 4.69) is 24.0 Å². The molecule has 1 saturated heterocycles. The lowest BCUT2D eigenvalue weighted by molar-refractivity contribution is 0.0361. The summed E-state index contributed by atoms with van der Waals surface area (Å²) in [4.78, 5) is 2.42. The average Bonchev–Trinajstić information content (AvgIpc) is 2.46. The molecule has 3 nitrogen and oxygen atoms in total.